The number of nitriles is 1. The molecule has 3 rings (SSSR count). The van der Waals surface area contributed by atoms with Crippen molar-refractivity contribution in [2.45, 2.75) is 33.1 Å². The quantitative estimate of drug-likeness (QED) is 0.484. The molecule has 0 aliphatic heterocycles. The van der Waals surface area contributed by atoms with Gasteiger partial charge in [0, 0.05) is 30.0 Å². The number of aryl methyl sites for hydroxylation is 1. The number of unbranched alkanes of at least 4 members (excludes halogenated alkanes) is 1. The Balaban J connectivity index is 2.24. The summed E-state index contributed by atoms with van der Waals surface area (Å²) >= 11 is 0. The van der Waals surface area contributed by atoms with E-state index in [1.165, 1.54) is 0 Å². The molecule has 0 fully saturated rings. The zero-order chi connectivity index (χ0) is 21.5. The monoisotopic (exact) mass is 402 g/mol. The van der Waals surface area contributed by atoms with Gasteiger partial charge >= 0.3 is 0 Å². The van der Waals surface area contributed by atoms with Gasteiger partial charge in [0.25, 0.3) is 0 Å². The van der Waals surface area contributed by atoms with E-state index in [4.69, 9.17) is 9.47 Å². The summed E-state index contributed by atoms with van der Waals surface area (Å²) in [6.45, 7) is 4.19. The van der Waals surface area contributed by atoms with Crippen molar-refractivity contribution in [2.24, 2.45) is 0 Å². The third kappa shape index (κ3) is 4.61. The number of rotatable bonds is 8. The Morgan fingerprint density at radius 3 is 2.57 bits per heavy atom. The molecule has 0 bridgehead atoms. The summed E-state index contributed by atoms with van der Waals surface area (Å²) in [5.74, 6) is 0.567. The van der Waals surface area contributed by atoms with Crippen molar-refractivity contribution in [3.05, 3.63) is 59.7 Å². The standard InChI is InChI=1S/C25H26N2O3/c1-4-5-10-24(28)27-25-20-9-7-6-8-19(20)17(2)13-22(25)21-14-18(15-26)11-12-23(21)30-16-29-3/h6-9,11-14H,4-5,10,16H2,1-3H3,(H,27,28). The molecule has 0 aromatic heterocycles. The van der Waals surface area contributed by atoms with Crippen LogP contribution in [0.2, 0.25) is 0 Å². The zero-order valence-electron chi connectivity index (χ0n) is 17.6. The maximum absolute atomic E-state index is 12.6. The summed E-state index contributed by atoms with van der Waals surface area (Å²) in [6.07, 6.45) is 2.24. The van der Waals surface area contributed by atoms with Crippen LogP contribution in [0.5, 0.6) is 5.75 Å². The first-order valence-corrected chi connectivity index (χ1v) is 10.1. The normalized spacial score (nSPS) is 10.6. The molecule has 0 aliphatic carbocycles. The Hall–Kier alpha value is -3.36. The summed E-state index contributed by atoms with van der Waals surface area (Å²) < 4.78 is 10.8. The minimum Gasteiger partial charge on any atom is -0.467 e. The lowest BCUT2D eigenvalue weighted by atomic mass is 9.93. The van der Waals surface area contributed by atoms with Crippen molar-refractivity contribution in [3.63, 3.8) is 0 Å². The van der Waals surface area contributed by atoms with Gasteiger partial charge < -0.3 is 14.8 Å². The SMILES string of the molecule is CCCCC(=O)Nc1c(-c2cc(C#N)ccc2OCOC)cc(C)c2ccccc12. The summed E-state index contributed by atoms with van der Waals surface area (Å²) in [6, 6.07) is 17.5. The van der Waals surface area contributed by atoms with Crippen molar-refractivity contribution in [2.75, 3.05) is 19.2 Å². The van der Waals surface area contributed by atoms with Gasteiger partial charge in [-0.1, -0.05) is 37.6 Å². The van der Waals surface area contributed by atoms with E-state index < -0.39 is 0 Å². The van der Waals surface area contributed by atoms with Crippen LogP contribution in [0.1, 0.15) is 37.3 Å². The Morgan fingerprint density at radius 1 is 1.10 bits per heavy atom. The fourth-order valence-corrected chi connectivity index (χ4v) is 3.50. The number of fused-ring (bicyclic) bond motifs is 1. The van der Waals surface area contributed by atoms with E-state index in [1.54, 1.807) is 25.3 Å². The molecular weight excluding hydrogens is 376 g/mol. The number of anilines is 1. The van der Waals surface area contributed by atoms with Crippen LogP contribution in [0.4, 0.5) is 5.69 Å². The van der Waals surface area contributed by atoms with Gasteiger partial charge in [-0.3, -0.25) is 4.79 Å². The highest BCUT2D eigenvalue weighted by Gasteiger charge is 2.18. The van der Waals surface area contributed by atoms with Crippen LogP contribution in [0, 0.1) is 18.3 Å². The van der Waals surface area contributed by atoms with Crippen molar-refractivity contribution >= 4 is 22.4 Å². The van der Waals surface area contributed by atoms with Crippen molar-refractivity contribution < 1.29 is 14.3 Å². The number of hydrogen-bond donors (Lipinski definition) is 1. The molecule has 0 saturated carbocycles. The average molecular weight is 402 g/mol. The highest BCUT2D eigenvalue weighted by atomic mass is 16.7. The third-order valence-electron chi connectivity index (χ3n) is 5.00. The Kier molecular flexibility index (Phi) is 7.05. The predicted molar refractivity (Wildman–Crippen MR) is 119 cm³/mol. The topological polar surface area (TPSA) is 71.4 Å². The molecule has 1 amide bonds. The third-order valence-corrected chi connectivity index (χ3v) is 5.00. The molecule has 0 heterocycles. The van der Waals surface area contributed by atoms with Gasteiger partial charge in [-0.25, -0.2) is 0 Å². The lowest BCUT2D eigenvalue weighted by molar-refractivity contribution is -0.116. The lowest BCUT2D eigenvalue weighted by Gasteiger charge is -2.19. The Labute approximate surface area is 177 Å². The number of hydrogen-bond acceptors (Lipinski definition) is 4. The summed E-state index contributed by atoms with van der Waals surface area (Å²) in [7, 11) is 1.56. The minimum absolute atomic E-state index is 0.0251. The van der Waals surface area contributed by atoms with Gasteiger partial charge in [-0.15, -0.1) is 0 Å². The number of nitrogens with zero attached hydrogens (tertiary/aromatic N) is 1. The van der Waals surface area contributed by atoms with Crippen LogP contribution < -0.4 is 10.1 Å². The first kappa shape index (κ1) is 21.4. The number of amides is 1. The molecule has 3 aromatic rings. The van der Waals surface area contributed by atoms with Crippen LogP contribution in [-0.4, -0.2) is 19.8 Å². The molecule has 5 nitrogen and oxygen atoms in total. The number of nitrogens with one attached hydrogen (secondary N) is 1. The highest BCUT2D eigenvalue weighted by Crippen LogP contribution is 2.41. The molecule has 0 saturated heterocycles. The van der Waals surface area contributed by atoms with Gasteiger partial charge in [-0.05, 0) is 48.6 Å². The molecule has 154 valence electrons. The van der Waals surface area contributed by atoms with Gasteiger partial charge in [0.2, 0.25) is 5.91 Å². The van der Waals surface area contributed by atoms with Crippen LogP contribution >= 0.6 is 0 Å². The second kappa shape index (κ2) is 9.91. The number of ether oxygens (including phenoxy) is 2. The molecule has 1 N–H and O–H groups in total. The lowest BCUT2D eigenvalue weighted by Crippen LogP contribution is -2.13. The molecule has 0 atom stereocenters. The maximum Gasteiger partial charge on any atom is 0.224 e. The van der Waals surface area contributed by atoms with E-state index in [9.17, 15) is 10.1 Å². The zero-order valence-corrected chi connectivity index (χ0v) is 17.6. The van der Waals surface area contributed by atoms with Gasteiger partial charge in [0.1, 0.15) is 5.75 Å². The first-order chi connectivity index (χ1) is 14.6. The fraction of sp³-hybridized carbons (Fsp3) is 0.280. The smallest absolute Gasteiger partial charge is 0.224 e. The van der Waals surface area contributed by atoms with Crippen LogP contribution in [0.15, 0.2) is 48.5 Å². The molecule has 0 unspecified atom stereocenters. The van der Waals surface area contributed by atoms with Crippen molar-refractivity contribution in [3.8, 4) is 22.9 Å². The van der Waals surface area contributed by atoms with Gasteiger partial charge in [0.05, 0.1) is 17.3 Å². The highest BCUT2D eigenvalue weighted by molar-refractivity contribution is 6.09. The molecule has 3 aromatic carbocycles. The molecule has 5 heteroatoms. The van der Waals surface area contributed by atoms with E-state index >= 15 is 0 Å². The second-order valence-electron chi connectivity index (χ2n) is 7.19. The Bertz CT molecular complexity index is 1100. The molecule has 0 aliphatic rings. The fourth-order valence-electron chi connectivity index (χ4n) is 3.50. The largest absolute Gasteiger partial charge is 0.467 e. The molecular formula is C25H26N2O3. The van der Waals surface area contributed by atoms with E-state index in [0.717, 1.165) is 46.0 Å². The number of carbonyl (C=O) groups is 1. The van der Waals surface area contributed by atoms with Gasteiger partial charge in [0.15, 0.2) is 6.79 Å². The summed E-state index contributed by atoms with van der Waals surface area (Å²) in [5, 5.41) is 14.6. The maximum atomic E-state index is 12.6. The van der Waals surface area contributed by atoms with Crippen molar-refractivity contribution in [1.82, 2.24) is 0 Å². The van der Waals surface area contributed by atoms with Crippen LogP contribution in [0.3, 0.4) is 0 Å². The number of carbonyl (C=O) groups excluding carboxylic acids is 1. The van der Waals surface area contributed by atoms with E-state index in [-0.39, 0.29) is 12.7 Å². The van der Waals surface area contributed by atoms with Crippen molar-refractivity contribution in [1.29, 1.82) is 5.26 Å². The van der Waals surface area contributed by atoms with Crippen LogP contribution in [0.25, 0.3) is 21.9 Å². The van der Waals surface area contributed by atoms with Gasteiger partial charge in [-0.2, -0.15) is 5.26 Å². The first-order valence-electron chi connectivity index (χ1n) is 10.1. The second-order valence-corrected chi connectivity index (χ2v) is 7.19. The van der Waals surface area contributed by atoms with E-state index in [0.29, 0.717) is 17.7 Å². The molecule has 0 spiro atoms. The average Bonchev–Trinajstić information content (AvgIpc) is 2.78. The van der Waals surface area contributed by atoms with E-state index in [1.807, 2.05) is 37.3 Å². The summed E-state index contributed by atoms with van der Waals surface area (Å²) in [4.78, 5) is 12.6. The Morgan fingerprint density at radius 2 is 1.87 bits per heavy atom. The number of methoxy groups -OCH3 is 1. The minimum atomic E-state index is -0.0251. The predicted octanol–water partition coefficient (Wildman–Crippen LogP) is 5.80. The molecule has 30 heavy (non-hydrogen) atoms. The molecule has 0 radical (unpaired) electrons. The van der Waals surface area contributed by atoms with E-state index in [2.05, 4.69) is 18.3 Å². The number of benzene rings is 3. The summed E-state index contributed by atoms with van der Waals surface area (Å²) in [5.41, 5.74) is 3.88. The van der Waals surface area contributed by atoms with Crippen LogP contribution in [-0.2, 0) is 9.53 Å².